The lowest BCUT2D eigenvalue weighted by atomic mass is 10.1. The number of carbonyl (C=O) groups is 1. The highest BCUT2D eigenvalue weighted by Gasteiger charge is 2.15. The van der Waals surface area contributed by atoms with E-state index in [0.717, 1.165) is 45.3 Å². The summed E-state index contributed by atoms with van der Waals surface area (Å²) in [5, 5.41) is 0. The quantitative estimate of drug-likeness (QED) is 0.159. The average Bonchev–Trinajstić information content (AvgIpc) is 2.62. The van der Waals surface area contributed by atoms with Gasteiger partial charge in [-0.2, -0.15) is 0 Å². The van der Waals surface area contributed by atoms with Crippen LogP contribution in [0.1, 0.15) is 72.1 Å². The van der Waals surface area contributed by atoms with Crippen molar-refractivity contribution in [2.24, 2.45) is 0 Å². The lowest BCUT2D eigenvalue weighted by Gasteiger charge is -2.19. The van der Waals surface area contributed by atoms with Crippen LogP contribution in [0.15, 0.2) is 0 Å². The first kappa shape index (κ1) is 27.7. The zero-order valence-corrected chi connectivity index (χ0v) is 19.3. The summed E-state index contributed by atoms with van der Waals surface area (Å²) in [5.74, 6) is -0.121. The number of rotatable bonds is 20. The SMILES string of the molecule is CSOCCCCCCOCCOCCOCCCCCC(=O)OC(C)(C)C. The van der Waals surface area contributed by atoms with Crippen molar-refractivity contribution in [3.05, 3.63) is 0 Å². The van der Waals surface area contributed by atoms with Crippen LogP contribution in [-0.2, 0) is 27.9 Å². The normalized spacial score (nSPS) is 11.7. The highest BCUT2D eigenvalue weighted by atomic mass is 32.2. The average molecular weight is 423 g/mol. The number of hydrogen-bond acceptors (Lipinski definition) is 7. The van der Waals surface area contributed by atoms with Gasteiger partial charge in [0, 0.05) is 25.9 Å². The molecule has 0 aliphatic heterocycles. The van der Waals surface area contributed by atoms with E-state index in [1.165, 1.54) is 24.9 Å². The summed E-state index contributed by atoms with van der Waals surface area (Å²) < 4.78 is 27.0. The molecule has 0 bridgehead atoms. The minimum Gasteiger partial charge on any atom is -0.460 e. The predicted octanol–water partition coefficient (Wildman–Crippen LogP) is 4.79. The van der Waals surface area contributed by atoms with Gasteiger partial charge in [0.1, 0.15) is 5.60 Å². The molecule has 168 valence electrons. The fraction of sp³-hybridized carbons (Fsp3) is 0.952. The van der Waals surface area contributed by atoms with Gasteiger partial charge in [-0.05, 0) is 58.5 Å². The van der Waals surface area contributed by atoms with Gasteiger partial charge in [0.05, 0.1) is 33.0 Å². The summed E-state index contributed by atoms with van der Waals surface area (Å²) in [6.07, 6.45) is 9.78. The molecule has 0 spiro atoms. The molecule has 28 heavy (non-hydrogen) atoms. The fourth-order valence-corrected chi connectivity index (χ4v) is 2.67. The van der Waals surface area contributed by atoms with E-state index in [-0.39, 0.29) is 5.97 Å². The van der Waals surface area contributed by atoms with Gasteiger partial charge in [0.25, 0.3) is 0 Å². The van der Waals surface area contributed by atoms with Crippen molar-refractivity contribution in [1.82, 2.24) is 0 Å². The molecule has 0 heterocycles. The maximum absolute atomic E-state index is 11.6. The molecule has 0 saturated heterocycles. The smallest absolute Gasteiger partial charge is 0.306 e. The first-order valence-corrected chi connectivity index (χ1v) is 11.7. The lowest BCUT2D eigenvalue weighted by molar-refractivity contribution is -0.154. The maximum atomic E-state index is 11.6. The van der Waals surface area contributed by atoms with E-state index in [2.05, 4.69) is 0 Å². The second-order valence-corrected chi connectivity index (χ2v) is 8.21. The number of hydrogen-bond donors (Lipinski definition) is 0. The van der Waals surface area contributed by atoms with E-state index < -0.39 is 5.60 Å². The summed E-state index contributed by atoms with van der Waals surface area (Å²) in [5.41, 5.74) is -0.395. The van der Waals surface area contributed by atoms with Crippen LogP contribution in [0.2, 0.25) is 0 Å². The topological polar surface area (TPSA) is 63.2 Å². The van der Waals surface area contributed by atoms with Crippen LogP contribution in [0.25, 0.3) is 0 Å². The fourth-order valence-electron chi connectivity index (χ4n) is 2.39. The summed E-state index contributed by atoms with van der Waals surface area (Å²) in [4.78, 5) is 11.6. The zero-order chi connectivity index (χ0) is 20.9. The molecule has 0 rings (SSSR count). The summed E-state index contributed by atoms with van der Waals surface area (Å²) >= 11 is 1.43. The van der Waals surface area contributed by atoms with E-state index in [0.29, 0.717) is 39.5 Å². The van der Waals surface area contributed by atoms with E-state index in [9.17, 15) is 4.79 Å². The van der Waals surface area contributed by atoms with Crippen molar-refractivity contribution < 1.29 is 27.9 Å². The van der Waals surface area contributed by atoms with Crippen molar-refractivity contribution in [3.8, 4) is 0 Å². The van der Waals surface area contributed by atoms with Crippen LogP contribution >= 0.6 is 12.0 Å². The molecule has 0 aromatic carbocycles. The van der Waals surface area contributed by atoms with Crippen LogP contribution in [0, 0.1) is 0 Å². The second-order valence-electron chi connectivity index (χ2n) is 7.64. The molecule has 0 radical (unpaired) electrons. The molecule has 0 unspecified atom stereocenters. The molecule has 0 fully saturated rings. The van der Waals surface area contributed by atoms with Gasteiger partial charge < -0.3 is 23.1 Å². The Labute approximate surface area is 176 Å². The van der Waals surface area contributed by atoms with Crippen LogP contribution in [0.5, 0.6) is 0 Å². The molecule has 7 heteroatoms. The molecule has 0 aromatic heterocycles. The summed E-state index contributed by atoms with van der Waals surface area (Å²) in [6.45, 7) is 10.5. The molecule has 0 aromatic rings. The lowest BCUT2D eigenvalue weighted by Crippen LogP contribution is -2.23. The third-order valence-corrected chi connectivity index (χ3v) is 4.12. The van der Waals surface area contributed by atoms with Crippen LogP contribution < -0.4 is 0 Å². The van der Waals surface area contributed by atoms with E-state index >= 15 is 0 Å². The predicted molar refractivity (Wildman–Crippen MR) is 115 cm³/mol. The van der Waals surface area contributed by atoms with Crippen LogP contribution in [0.3, 0.4) is 0 Å². The first-order valence-electron chi connectivity index (χ1n) is 10.6. The van der Waals surface area contributed by atoms with Crippen molar-refractivity contribution >= 4 is 18.0 Å². The Morgan fingerprint density at radius 1 is 0.679 bits per heavy atom. The van der Waals surface area contributed by atoms with Crippen molar-refractivity contribution in [3.63, 3.8) is 0 Å². The van der Waals surface area contributed by atoms with E-state index in [1.807, 2.05) is 27.0 Å². The summed E-state index contributed by atoms with van der Waals surface area (Å²) in [6, 6.07) is 0. The van der Waals surface area contributed by atoms with E-state index in [4.69, 9.17) is 23.1 Å². The van der Waals surface area contributed by atoms with Gasteiger partial charge in [0.2, 0.25) is 0 Å². The largest absolute Gasteiger partial charge is 0.460 e. The third kappa shape index (κ3) is 23.7. The number of unbranched alkanes of at least 4 members (excludes halogenated alkanes) is 5. The van der Waals surface area contributed by atoms with Crippen LogP contribution in [0.4, 0.5) is 0 Å². The van der Waals surface area contributed by atoms with Gasteiger partial charge in [-0.15, -0.1) is 0 Å². The Balaban J connectivity index is 3.11. The standard InChI is InChI=1S/C21H42O6S/c1-21(2,3)27-20(22)12-8-7-10-14-24-17-19-25-18-16-23-13-9-5-6-11-15-26-28-4/h5-19H2,1-4H3. The van der Waals surface area contributed by atoms with Gasteiger partial charge in [-0.1, -0.05) is 19.3 Å². The Hall–Kier alpha value is -0.340. The molecule has 0 aliphatic rings. The zero-order valence-electron chi connectivity index (χ0n) is 18.5. The molecule has 0 aliphatic carbocycles. The second kappa shape index (κ2) is 20.0. The highest BCUT2D eigenvalue weighted by Crippen LogP contribution is 2.10. The van der Waals surface area contributed by atoms with Gasteiger partial charge in [-0.25, -0.2) is 0 Å². The Kier molecular flexibility index (Phi) is 19.7. The molecule has 0 amide bonds. The Morgan fingerprint density at radius 3 is 1.64 bits per heavy atom. The monoisotopic (exact) mass is 422 g/mol. The van der Waals surface area contributed by atoms with Crippen molar-refractivity contribution in [1.29, 1.82) is 0 Å². The van der Waals surface area contributed by atoms with E-state index in [1.54, 1.807) is 0 Å². The number of esters is 1. The molecular weight excluding hydrogens is 380 g/mol. The molecular formula is C21H42O6S. The maximum Gasteiger partial charge on any atom is 0.306 e. The summed E-state index contributed by atoms with van der Waals surface area (Å²) in [7, 11) is 0. The Bertz CT molecular complexity index is 346. The number of ether oxygens (including phenoxy) is 4. The minimum absolute atomic E-state index is 0.121. The van der Waals surface area contributed by atoms with Gasteiger partial charge in [0.15, 0.2) is 0 Å². The molecule has 0 atom stereocenters. The van der Waals surface area contributed by atoms with Gasteiger partial charge in [-0.3, -0.25) is 4.79 Å². The van der Waals surface area contributed by atoms with Crippen molar-refractivity contribution in [2.45, 2.75) is 77.7 Å². The highest BCUT2D eigenvalue weighted by molar-refractivity contribution is 7.93. The number of carbonyl (C=O) groups excluding carboxylic acids is 1. The van der Waals surface area contributed by atoms with Crippen molar-refractivity contribution in [2.75, 3.05) is 52.5 Å². The molecule has 0 saturated carbocycles. The first-order chi connectivity index (χ1) is 13.5. The minimum atomic E-state index is -0.395. The third-order valence-electron chi connectivity index (χ3n) is 3.72. The molecule has 0 N–H and O–H groups in total. The van der Waals surface area contributed by atoms with Gasteiger partial charge >= 0.3 is 5.97 Å². The van der Waals surface area contributed by atoms with Crippen LogP contribution in [-0.4, -0.2) is 64.1 Å². The molecule has 6 nitrogen and oxygen atoms in total. The Morgan fingerprint density at radius 2 is 1.14 bits per heavy atom.